The topological polar surface area (TPSA) is 63.8 Å². The zero-order chi connectivity index (χ0) is 13.1. The summed E-state index contributed by atoms with van der Waals surface area (Å²) < 4.78 is 26.3. The Kier molecular flexibility index (Phi) is 3.47. The average molecular weight is 250 g/mol. The number of nitrogen functional groups attached to an aromatic ring is 1. The number of nitrogens with two attached hydrogens (primary N) is 1. The van der Waals surface area contributed by atoms with Crippen LogP contribution in [0.1, 0.15) is 17.1 Å². The molecule has 0 atom stereocenters. The maximum absolute atomic E-state index is 13.5. The van der Waals surface area contributed by atoms with Gasteiger partial charge in [-0.15, -0.1) is 0 Å². The van der Waals surface area contributed by atoms with Crippen LogP contribution in [-0.2, 0) is 6.42 Å². The smallest absolute Gasteiger partial charge is 0.143 e. The van der Waals surface area contributed by atoms with E-state index in [1.165, 1.54) is 12.1 Å². The van der Waals surface area contributed by atoms with E-state index in [9.17, 15) is 8.78 Å². The Labute approximate surface area is 103 Å². The quantitative estimate of drug-likeness (QED) is 0.645. The molecular formula is C12H12F2N4. The van der Waals surface area contributed by atoms with Gasteiger partial charge in [-0.25, -0.2) is 24.6 Å². The monoisotopic (exact) mass is 250 g/mol. The first-order valence-corrected chi connectivity index (χ1v) is 5.33. The lowest BCUT2D eigenvalue weighted by molar-refractivity contribution is 0.573. The molecule has 0 saturated carbocycles. The second-order valence-electron chi connectivity index (χ2n) is 3.87. The van der Waals surface area contributed by atoms with Gasteiger partial charge in [0, 0.05) is 24.2 Å². The van der Waals surface area contributed by atoms with E-state index in [4.69, 9.17) is 5.84 Å². The molecule has 3 N–H and O–H groups in total. The number of nitrogens with one attached hydrogen (secondary N) is 1. The van der Waals surface area contributed by atoms with Crippen LogP contribution in [0.2, 0.25) is 0 Å². The van der Waals surface area contributed by atoms with Crippen molar-refractivity contribution in [3.05, 3.63) is 53.0 Å². The maximum atomic E-state index is 13.5. The zero-order valence-electron chi connectivity index (χ0n) is 9.74. The molecule has 0 aliphatic heterocycles. The van der Waals surface area contributed by atoms with Gasteiger partial charge in [0.25, 0.3) is 0 Å². The lowest BCUT2D eigenvalue weighted by Gasteiger charge is -2.06. The van der Waals surface area contributed by atoms with E-state index in [0.29, 0.717) is 17.2 Å². The Bertz CT molecular complexity index is 572. The Morgan fingerprint density at radius 3 is 2.67 bits per heavy atom. The molecule has 0 aliphatic rings. The minimum absolute atomic E-state index is 0.183. The Morgan fingerprint density at radius 1 is 1.22 bits per heavy atom. The van der Waals surface area contributed by atoms with Crippen LogP contribution in [0.25, 0.3) is 0 Å². The van der Waals surface area contributed by atoms with Crippen LogP contribution in [0, 0.1) is 18.6 Å². The molecule has 0 unspecified atom stereocenters. The molecule has 18 heavy (non-hydrogen) atoms. The van der Waals surface area contributed by atoms with E-state index in [-0.39, 0.29) is 6.42 Å². The Balaban J connectivity index is 2.30. The molecule has 0 saturated heterocycles. The van der Waals surface area contributed by atoms with Gasteiger partial charge in [-0.2, -0.15) is 0 Å². The summed E-state index contributed by atoms with van der Waals surface area (Å²) in [4.78, 5) is 8.28. The molecule has 1 aromatic carbocycles. The van der Waals surface area contributed by atoms with Crippen molar-refractivity contribution < 1.29 is 8.78 Å². The predicted molar refractivity (Wildman–Crippen MR) is 63.7 cm³/mol. The van der Waals surface area contributed by atoms with Gasteiger partial charge in [0.1, 0.15) is 23.3 Å². The van der Waals surface area contributed by atoms with Crippen molar-refractivity contribution in [3.63, 3.8) is 0 Å². The van der Waals surface area contributed by atoms with Gasteiger partial charge in [0.15, 0.2) is 0 Å². The van der Waals surface area contributed by atoms with Gasteiger partial charge in [-0.05, 0) is 18.6 Å². The number of nitrogens with zero attached hydrogens (tertiary/aromatic N) is 2. The summed E-state index contributed by atoms with van der Waals surface area (Å²) in [5.41, 5.74) is 3.47. The van der Waals surface area contributed by atoms with E-state index < -0.39 is 11.6 Å². The fourth-order valence-electron chi connectivity index (χ4n) is 1.62. The van der Waals surface area contributed by atoms with E-state index in [0.717, 1.165) is 11.8 Å². The van der Waals surface area contributed by atoms with Crippen molar-refractivity contribution in [2.75, 3.05) is 5.43 Å². The SMILES string of the molecule is Cc1cc(NN)nc(Cc2ccc(F)cc2F)n1. The van der Waals surface area contributed by atoms with E-state index >= 15 is 0 Å². The van der Waals surface area contributed by atoms with Gasteiger partial charge in [-0.3, -0.25) is 0 Å². The second-order valence-corrected chi connectivity index (χ2v) is 3.87. The number of hydrogen-bond donors (Lipinski definition) is 2. The molecule has 2 aromatic rings. The number of hydrazine groups is 1. The third-order valence-electron chi connectivity index (χ3n) is 2.41. The van der Waals surface area contributed by atoms with Crippen molar-refractivity contribution in [2.45, 2.75) is 13.3 Å². The number of benzene rings is 1. The third kappa shape index (κ3) is 2.78. The molecule has 2 rings (SSSR count). The minimum atomic E-state index is -0.609. The van der Waals surface area contributed by atoms with Crippen LogP contribution in [0.5, 0.6) is 0 Å². The molecule has 0 spiro atoms. The fourth-order valence-corrected chi connectivity index (χ4v) is 1.62. The first-order chi connectivity index (χ1) is 8.58. The third-order valence-corrected chi connectivity index (χ3v) is 2.41. The van der Waals surface area contributed by atoms with Gasteiger partial charge in [-0.1, -0.05) is 6.07 Å². The highest BCUT2D eigenvalue weighted by Crippen LogP contribution is 2.14. The number of aromatic nitrogens is 2. The normalized spacial score (nSPS) is 10.4. The van der Waals surface area contributed by atoms with Crippen LogP contribution in [-0.4, -0.2) is 9.97 Å². The van der Waals surface area contributed by atoms with E-state index in [2.05, 4.69) is 15.4 Å². The lowest BCUT2D eigenvalue weighted by Crippen LogP contribution is -2.11. The minimum Gasteiger partial charge on any atom is -0.308 e. The molecule has 0 fully saturated rings. The lowest BCUT2D eigenvalue weighted by atomic mass is 10.1. The van der Waals surface area contributed by atoms with Crippen LogP contribution in [0.3, 0.4) is 0 Å². The summed E-state index contributed by atoms with van der Waals surface area (Å²) in [7, 11) is 0. The van der Waals surface area contributed by atoms with Crippen molar-refractivity contribution in [3.8, 4) is 0 Å². The van der Waals surface area contributed by atoms with E-state index in [1.807, 2.05) is 0 Å². The summed E-state index contributed by atoms with van der Waals surface area (Å²) in [5, 5.41) is 0. The molecule has 0 radical (unpaired) electrons. The highest BCUT2D eigenvalue weighted by molar-refractivity contribution is 5.35. The molecule has 0 aliphatic carbocycles. The highest BCUT2D eigenvalue weighted by atomic mass is 19.1. The molecular weight excluding hydrogens is 238 g/mol. The molecule has 4 nitrogen and oxygen atoms in total. The first kappa shape index (κ1) is 12.4. The second kappa shape index (κ2) is 5.05. The summed E-state index contributed by atoms with van der Waals surface area (Å²) in [6.45, 7) is 1.78. The molecule has 6 heteroatoms. The highest BCUT2D eigenvalue weighted by Gasteiger charge is 2.08. The maximum Gasteiger partial charge on any atom is 0.143 e. The van der Waals surface area contributed by atoms with Crippen molar-refractivity contribution in [1.29, 1.82) is 0 Å². The summed E-state index contributed by atoms with van der Waals surface area (Å²) >= 11 is 0. The van der Waals surface area contributed by atoms with Crippen LogP contribution < -0.4 is 11.3 Å². The Hall–Kier alpha value is -2.08. The average Bonchev–Trinajstić information content (AvgIpc) is 2.32. The fraction of sp³-hybridized carbons (Fsp3) is 0.167. The number of halogens is 2. The standard InChI is InChI=1S/C12H12F2N4/c1-7-4-12(18-15)17-11(16-7)5-8-2-3-9(13)6-10(8)14/h2-4,6H,5,15H2,1H3,(H,16,17,18). The van der Waals surface area contributed by atoms with E-state index in [1.54, 1.807) is 13.0 Å². The zero-order valence-corrected chi connectivity index (χ0v) is 9.74. The molecule has 0 bridgehead atoms. The summed E-state index contributed by atoms with van der Waals surface area (Å²) in [5.74, 6) is 4.93. The number of anilines is 1. The number of rotatable bonds is 3. The molecule has 1 heterocycles. The number of aryl methyl sites for hydroxylation is 1. The van der Waals surface area contributed by atoms with Crippen LogP contribution in [0.4, 0.5) is 14.6 Å². The summed E-state index contributed by atoms with van der Waals surface area (Å²) in [6.07, 6.45) is 0.183. The van der Waals surface area contributed by atoms with Gasteiger partial charge in [0.2, 0.25) is 0 Å². The predicted octanol–water partition coefficient (Wildman–Crippen LogP) is 1.94. The molecule has 0 amide bonds. The van der Waals surface area contributed by atoms with Crippen molar-refractivity contribution in [2.24, 2.45) is 5.84 Å². The van der Waals surface area contributed by atoms with Crippen molar-refractivity contribution >= 4 is 5.82 Å². The van der Waals surface area contributed by atoms with Gasteiger partial charge >= 0.3 is 0 Å². The Morgan fingerprint density at radius 2 is 2.00 bits per heavy atom. The van der Waals surface area contributed by atoms with Gasteiger partial charge < -0.3 is 5.43 Å². The van der Waals surface area contributed by atoms with Crippen molar-refractivity contribution in [1.82, 2.24) is 9.97 Å². The molecule has 1 aromatic heterocycles. The largest absolute Gasteiger partial charge is 0.308 e. The first-order valence-electron chi connectivity index (χ1n) is 5.33. The molecule has 94 valence electrons. The van der Waals surface area contributed by atoms with Crippen LogP contribution >= 0.6 is 0 Å². The van der Waals surface area contributed by atoms with Crippen LogP contribution in [0.15, 0.2) is 24.3 Å². The number of hydrogen-bond acceptors (Lipinski definition) is 4. The van der Waals surface area contributed by atoms with Gasteiger partial charge in [0.05, 0.1) is 0 Å². The summed E-state index contributed by atoms with van der Waals surface area (Å²) in [6, 6.07) is 5.10.